The number of hydrogen-bond donors (Lipinski definition) is 1. The van der Waals surface area contributed by atoms with Crippen molar-refractivity contribution in [3.8, 4) is 5.75 Å². The monoisotopic (exact) mass is 497 g/mol. The Bertz CT molecular complexity index is 1390. The highest BCUT2D eigenvalue weighted by Gasteiger charge is 2.46. The maximum absolute atomic E-state index is 13.3. The van der Waals surface area contributed by atoms with Crippen molar-refractivity contribution in [1.29, 1.82) is 0 Å². The highest BCUT2D eigenvalue weighted by molar-refractivity contribution is 6.46. The van der Waals surface area contributed by atoms with Gasteiger partial charge in [0.25, 0.3) is 11.7 Å². The first kappa shape index (κ1) is 24.3. The minimum absolute atomic E-state index is 0.0239. The molecule has 37 heavy (non-hydrogen) atoms. The van der Waals surface area contributed by atoms with Gasteiger partial charge in [-0.2, -0.15) is 0 Å². The fourth-order valence-corrected chi connectivity index (χ4v) is 5.00. The molecule has 2 atom stereocenters. The molecular formula is C30H27NO6. The first-order valence-corrected chi connectivity index (χ1v) is 12.2. The molecule has 1 amide bonds. The fourth-order valence-electron chi connectivity index (χ4n) is 5.00. The zero-order valence-corrected chi connectivity index (χ0v) is 20.6. The number of ketones is 1. The van der Waals surface area contributed by atoms with E-state index in [2.05, 4.69) is 0 Å². The predicted octanol–water partition coefficient (Wildman–Crippen LogP) is 4.46. The van der Waals surface area contributed by atoms with E-state index in [1.807, 2.05) is 43.3 Å². The van der Waals surface area contributed by atoms with Gasteiger partial charge in [0.05, 0.1) is 24.3 Å². The third-order valence-electron chi connectivity index (χ3n) is 6.84. The van der Waals surface area contributed by atoms with E-state index in [4.69, 9.17) is 9.47 Å². The molecule has 0 unspecified atom stereocenters. The Morgan fingerprint density at radius 3 is 2.43 bits per heavy atom. The van der Waals surface area contributed by atoms with Crippen LogP contribution in [0.25, 0.3) is 5.76 Å². The summed E-state index contributed by atoms with van der Waals surface area (Å²) in [6.07, 6.45) is 1.27. The summed E-state index contributed by atoms with van der Waals surface area (Å²) in [4.78, 5) is 40.0. The summed E-state index contributed by atoms with van der Waals surface area (Å²) in [6.45, 7) is 2.25. The summed E-state index contributed by atoms with van der Waals surface area (Å²) in [5.41, 5.74) is 3.40. The molecule has 7 heteroatoms. The Hall–Kier alpha value is -4.39. The first-order chi connectivity index (χ1) is 17.9. The highest BCUT2D eigenvalue weighted by atomic mass is 16.5. The van der Waals surface area contributed by atoms with Gasteiger partial charge in [-0.15, -0.1) is 0 Å². The highest BCUT2D eigenvalue weighted by Crippen LogP contribution is 2.40. The Labute approximate surface area is 214 Å². The number of carbonyl (C=O) groups excluding carboxylic acids is 3. The van der Waals surface area contributed by atoms with Crippen LogP contribution in [0, 0.1) is 0 Å². The van der Waals surface area contributed by atoms with Crippen LogP contribution in [0.3, 0.4) is 0 Å². The maximum Gasteiger partial charge on any atom is 0.337 e. The Morgan fingerprint density at radius 2 is 1.73 bits per heavy atom. The van der Waals surface area contributed by atoms with Crippen LogP contribution in [0.2, 0.25) is 0 Å². The van der Waals surface area contributed by atoms with Gasteiger partial charge in [0.2, 0.25) is 0 Å². The third kappa shape index (κ3) is 4.60. The number of carbonyl (C=O) groups is 3. The quantitative estimate of drug-likeness (QED) is 0.234. The van der Waals surface area contributed by atoms with Crippen molar-refractivity contribution in [2.45, 2.75) is 31.9 Å². The second-order valence-electron chi connectivity index (χ2n) is 9.30. The van der Waals surface area contributed by atoms with E-state index in [-0.39, 0.29) is 24.0 Å². The van der Waals surface area contributed by atoms with E-state index in [1.165, 1.54) is 12.0 Å². The minimum Gasteiger partial charge on any atom is -0.507 e. The van der Waals surface area contributed by atoms with Crippen molar-refractivity contribution in [2.24, 2.45) is 0 Å². The normalized spacial score (nSPS) is 20.0. The number of esters is 1. The van der Waals surface area contributed by atoms with Crippen molar-refractivity contribution >= 4 is 23.4 Å². The molecule has 5 rings (SSSR count). The second-order valence-corrected chi connectivity index (χ2v) is 9.30. The molecule has 0 aliphatic carbocycles. The maximum atomic E-state index is 13.3. The molecule has 3 aromatic carbocycles. The molecule has 2 aliphatic rings. The van der Waals surface area contributed by atoms with Crippen molar-refractivity contribution in [2.75, 3.05) is 13.7 Å². The van der Waals surface area contributed by atoms with E-state index in [1.54, 1.807) is 36.4 Å². The lowest BCUT2D eigenvalue weighted by Crippen LogP contribution is -2.31. The van der Waals surface area contributed by atoms with Crippen LogP contribution >= 0.6 is 0 Å². The third-order valence-corrected chi connectivity index (χ3v) is 6.84. The van der Waals surface area contributed by atoms with Crippen LogP contribution in [-0.2, 0) is 27.2 Å². The molecule has 0 aromatic heterocycles. The summed E-state index contributed by atoms with van der Waals surface area (Å²) in [5.74, 6) is -1.37. The number of fused-ring (bicyclic) bond motifs is 1. The van der Waals surface area contributed by atoms with E-state index in [9.17, 15) is 19.5 Å². The minimum atomic E-state index is -0.807. The molecule has 0 spiro atoms. The number of benzene rings is 3. The largest absolute Gasteiger partial charge is 0.507 e. The Kier molecular flexibility index (Phi) is 6.53. The molecule has 188 valence electrons. The van der Waals surface area contributed by atoms with Crippen LogP contribution in [0.15, 0.2) is 78.4 Å². The van der Waals surface area contributed by atoms with Crippen LogP contribution in [0.5, 0.6) is 5.75 Å². The van der Waals surface area contributed by atoms with E-state index >= 15 is 0 Å². The van der Waals surface area contributed by atoms with Gasteiger partial charge in [-0.05, 0) is 60.4 Å². The van der Waals surface area contributed by atoms with E-state index < -0.39 is 23.7 Å². The standard InChI is InChI=1S/C30H27NO6/c1-18-16-23-17-22(12-13-24(23)37-18)27(32)25-26(20-8-10-21(11-9-20)30(35)36-2)31(29(34)28(25)33)15-14-19-6-4-3-5-7-19/h3-13,17-18,26,32H,14-16H2,1-2H3/t18-,26+/m1/s1. The van der Waals surface area contributed by atoms with Gasteiger partial charge in [-0.3, -0.25) is 9.59 Å². The molecule has 0 radical (unpaired) electrons. The van der Waals surface area contributed by atoms with Crippen LogP contribution in [0.4, 0.5) is 0 Å². The van der Waals surface area contributed by atoms with Gasteiger partial charge >= 0.3 is 5.97 Å². The van der Waals surface area contributed by atoms with Gasteiger partial charge in [0, 0.05) is 18.5 Å². The number of aliphatic hydroxyl groups is 1. The van der Waals surface area contributed by atoms with Crippen molar-refractivity contribution in [3.63, 3.8) is 0 Å². The molecular weight excluding hydrogens is 470 g/mol. The SMILES string of the molecule is COC(=O)c1ccc([C@H]2C(=C(O)c3ccc4c(c3)C[C@@H](C)O4)C(=O)C(=O)N2CCc2ccccc2)cc1. The van der Waals surface area contributed by atoms with Gasteiger partial charge in [-0.25, -0.2) is 4.79 Å². The number of aliphatic hydroxyl groups excluding tert-OH is 1. The average molecular weight is 498 g/mol. The first-order valence-electron chi connectivity index (χ1n) is 12.2. The number of ether oxygens (including phenoxy) is 2. The molecule has 3 aromatic rings. The molecule has 0 bridgehead atoms. The number of nitrogens with zero attached hydrogens (tertiary/aromatic N) is 1. The molecule has 2 heterocycles. The zero-order chi connectivity index (χ0) is 26.1. The van der Waals surface area contributed by atoms with Crippen molar-refractivity contribution in [3.05, 3.63) is 106 Å². The molecule has 1 saturated heterocycles. The van der Waals surface area contributed by atoms with Crippen molar-refractivity contribution in [1.82, 2.24) is 4.90 Å². The predicted molar refractivity (Wildman–Crippen MR) is 137 cm³/mol. The number of methoxy groups -OCH3 is 1. The Morgan fingerprint density at radius 1 is 1.03 bits per heavy atom. The smallest absolute Gasteiger partial charge is 0.337 e. The summed E-state index contributed by atoms with van der Waals surface area (Å²) in [5, 5.41) is 11.4. The average Bonchev–Trinajstić information content (AvgIpc) is 3.42. The van der Waals surface area contributed by atoms with Crippen LogP contribution in [0.1, 0.15) is 45.6 Å². The number of amides is 1. The topological polar surface area (TPSA) is 93.1 Å². The summed E-state index contributed by atoms with van der Waals surface area (Å²) >= 11 is 0. The summed E-state index contributed by atoms with van der Waals surface area (Å²) in [7, 11) is 1.30. The lowest BCUT2D eigenvalue weighted by atomic mass is 9.93. The Balaban J connectivity index is 1.57. The zero-order valence-electron chi connectivity index (χ0n) is 20.6. The van der Waals surface area contributed by atoms with Crippen molar-refractivity contribution < 1.29 is 29.0 Å². The number of Topliss-reactive ketones (excluding diaryl/α,β-unsaturated/α-hetero) is 1. The molecule has 7 nitrogen and oxygen atoms in total. The lowest BCUT2D eigenvalue weighted by molar-refractivity contribution is -0.139. The summed E-state index contributed by atoms with van der Waals surface area (Å²) in [6, 6.07) is 20.7. The van der Waals surface area contributed by atoms with Crippen LogP contribution in [-0.4, -0.2) is 47.4 Å². The van der Waals surface area contributed by atoms with Gasteiger partial charge in [0.15, 0.2) is 0 Å². The molecule has 1 fully saturated rings. The molecule has 1 N–H and O–H groups in total. The molecule has 2 aliphatic heterocycles. The van der Waals surface area contributed by atoms with Gasteiger partial charge in [0.1, 0.15) is 17.6 Å². The second kappa shape index (κ2) is 9.93. The lowest BCUT2D eigenvalue weighted by Gasteiger charge is -2.25. The fraction of sp³-hybridized carbons (Fsp3) is 0.233. The van der Waals surface area contributed by atoms with Crippen LogP contribution < -0.4 is 4.74 Å². The number of hydrogen-bond acceptors (Lipinski definition) is 6. The summed E-state index contributed by atoms with van der Waals surface area (Å²) < 4.78 is 10.6. The molecule has 0 saturated carbocycles. The van der Waals surface area contributed by atoms with Gasteiger partial charge < -0.3 is 19.5 Å². The van der Waals surface area contributed by atoms with E-state index in [0.717, 1.165) is 16.9 Å². The van der Waals surface area contributed by atoms with E-state index in [0.29, 0.717) is 29.5 Å². The number of likely N-dealkylation sites (tertiary alicyclic amines) is 1. The van der Waals surface area contributed by atoms with Gasteiger partial charge in [-0.1, -0.05) is 42.5 Å². The number of rotatable bonds is 6.